The molecule has 5 unspecified atom stereocenters. The van der Waals surface area contributed by atoms with Crippen LogP contribution in [0.4, 0.5) is 0 Å². The number of fused-ring (bicyclic) bond motifs is 4. The Morgan fingerprint density at radius 2 is 1.76 bits per heavy atom. The van der Waals surface area contributed by atoms with Crippen LogP contribution >= 0.6 is 0 Å². The number of hydrogen-bond donors (Lipinski definition) is 0. The van der Waals surface area contributed by atoms with Crippen molar-refractivity contribution in [3.05, 3.63) is 11.1 Å². The highest BCUT2D eigenvalue weighted by atomic mass is 16.7. The van der Waals surface area contributed by atoms with Crippen LogP contribution in [0, 0.1) is 39.9 Å². The van der Waals surface area contributed by atoms with Gasteiger partial charge in [-0.3, -0.25) is 0 Å². The van der Waals surface area contributed by atoms with Crippen LogP contribution in [0.15, 0.2) is 11.1 Å². The van der Waals surface area contributed by atoms with Crippen molar-refractivity contribution >= 4 is 0 Å². The summed E-state index contributed by atoms with van der Waals surface area (Å²) >= 11 is 0. The molecule has 3 nitrogen and oxygen atoms in total. The van der Waals surface area contributed by atoms with E-state index in [1.807, 2.05) is 0 Å². The molecule has 5 aliphatic rings. The molecule has 5 atom stereocenters. The lowest BCUT2D eigenvalue weighted by atomic mass is 9.47. The van der Waals surface area contributed by atoms with Crippen LogP contribution in [0.5, 0.6) is 0 Å². The zero-order valence-electron chi connectivity index (χ0n) is 15.8. The van der Waals surface area contributed by atoms with Gasteiger partial charge in [0, 0.05) is 12.8 Å². The Bertz CT molecular complexity index is 655. The lowest BCUT2D eigenvalue weighted by molar-refractivity contribution is -0.167. The Balaban J connectivity index is 1.48. The lowest BCUT2D eigenvalue weighted by Gasteiger charge is -2.58. The van der Waals surface area contributed by atoms with E-state index in [0.29, 0.717) is 5.41 Å². The van der Waals surface area contributed by atoms with E-state index in [9.17, 15) is 5.26 Å². The van der Waals surface area contributed by atoms with Crippen molar-refractivity contribution in [3.8, 4) is 6.07 Å². The molecule has 0 aromatic heterocycles. The molecule has 1 heterocycles. The average Bonchev–Trinajstić information content (AvgIpc) is 3.18. The average molecular weight is 341 g/mol. The van der Waals surface area contributed by atoms with Gasteiger partial charge in [-0.2, -0.15) is 5.26 Å². The van der Waals surface area contributed by atoms with E-state index in [1.165, 1.54) is 32.1 Å². The molecule has 0 aromatic rings. The molecule has 4 aliphatic carbocycles. The number of nitrogens with zero attached hydrogens (tertiary/aromatic N) is 1. The van der Waals surface area contributed by atoms with E-state index in [2.05, 4.69) is 19.9 Å². The summed E-state index contributed by atoms with van der Waals surface area (Å²) in [6.45, 7) is 6.51. The van der Waals surface area contributed by atoms with E-state index in [4.69, 9.17) is 9.47 Å². The maximum absolute atomic E-state index is 9.65. The summed E-state index contributed by atoms with van der Waals surface area (Å²) < 4.78 is 12.0. The quantitative estimate of drug-likeness (QED) is 0.584. The van der Waals surface area contributed by atoms with Gasteiger partial charge in [0.1, 0.15) is 0 Å². The van der Waals surface area contributed by atoms with E-state index in [1.54, 1.807) is 11.1 Å². The number of allylic oxidation sites excluding steroid dienone is 1. The van der Waals surface area contributed by atoms with Crippen molar-refractivity contribution < 1.29 is 9.47 Å². The minimum Gasteiger partial charge on any atom is -0.347 e. The highest BCUT2D eigenvalue weighted by molar-refractivity contribution is 5.32. The smallest absolute Gasteiger partial charge is 0.172 e. The van der Waals surface area contributed by atoms with Gasteiger partial charge in [-0.15, -0.1) is 0 Å². The van der Waals surface area contributed by atoms with Crippen LogP contribution in [0.1, 0.15) is 71.6 Å². The normalized spacial score (nSPS) is 48.0. The van der Waals surface area contributed by atoms with Crippen molar-refractivity contribution in [2.75, 3.05) is 13.2 Å². The molecule has 0 N–H and O–H groups in total. The predicted octanol–water partition coefficient (Wildman–Crippen LogP) is 4.98. The molecule has 3 fully saturated rings. The van der Waals surface area contributed by atoms with Gasteiger partial charge < -0.3 is 9.47 Å². The van der Waals surface area contributed by atoms with Gasteiger partial charge in [0.15, 0.2) is 5.79 Å². The zero-order chi connectivity index (χ0) is 17.3. The number of nitriles is 1. The van der Waals surface area contributed by atoms with E-state index < -0.39 is 0 Å². The molecule has 5 rings (SSSR count). The van der Waals surface area contributed by atoms with Crippen molar-refractivity contribution in [3.63, 3.8) is 0 Å². The number of rotatable bonds is 0. The fraction of sp³-hybridized carbons (Fsp3) is 0.864. The summed E-state index contributed by atoms with van der Waals surface area (Å²) in [4.78, 5) is 0. The Kier molecular flexibility index (Phi) is 3.48. The van der Waals surface area contributed by atoms with Crippen LogP contribution in [0.3, 0.4) is 0 Å². The second kappa shape index (κ2) is 5.33. The standard InChI is InChI=1S/C22H31NO2/c1-20-9-10-21(2)17-7-8-22(24-11-12-25-22)13-15(17)3-5-19(21)18(20)6-4-16(20)14-23/h16,18-19H,3-13H2,1-2H3. The van der Waals surface area contributed by atoms with Gasteiger partial charge in [-0.05, 0) is 67.6 Å². The van der Waals surface area contributed by atoms with E-state index in [0.717, 1.165) is 50.7 Å². The van der Waals surface area contributed by atoms with Gasteiger partial charge in [0.05, 0.1) is 25.2 Å². The summed E-state index contributed by atoms with van der Waals surface area (Å²) in [5.41, 5.74) is 4.05. The largest absolute Gasteiger partial charge is 0.347 e. The van der Waals surface area contributed by atoms with Gasteiger partial charge >= 0.3 is 0 Å². The SMILES string of the molecule is CC12CCC3(C)C(C#N)CCC3C1CCC1=C2CCC2(C1)OCCO2. The molecule has 3 heteroatoms. The second-order valence-electron chi connectivity index (χ2n) is 9.80. The van der Waals surface area contributed by atoms with Gasteiger partial charge in [0.25, 0.3) is 0 Å². The fourth-order valence-corrected chi connectivity index (χ4v) is 7.56. The third-order valence-corrected chi connectivity index (χ3v) is 8.98. The highest BCUT2D eigenvalue weighted by Crippen LogP contribution is 2.67. The summed E-state index contributed by atoms with van der Waals surface area (Å²) in [6.07, 6.45) is 10.7. The first-order valence-electron chi connectivity index (χ1n) is 10.4. The van der Waals surface area contributed by atoms with Crippen LogP contribution in [-0.4, -0.2) is 19.0 Å². The van der Waals surface area contributed by atoms with Gasteiger partial charge in [-0.1, -0.05) is 25.0 Å². The first-order valence-corrected chi connectivity index (χ1v) is 10.4. The molecule has 1 aliphatic heterocycles. The number of hydrogen-bond acceptors (Lipinski definition) is 3. The maximum atomic E-state index is 9.65. The van der Waals surface area contributed by atoms with Crippen LogP contribution in [0.25, 0.3) is 0 Å². The predicted molar refractivity (Wildman–Crippen MR) is 95.5 cm³/mol. The minimum atomic E-state index is -0.287. The van der Waals surface area contributed by atoms with Gasteiger partial charge in [-0.25, -0.2) is 0 Å². The minimum absolute atomic E-state index is 0.268. The Labute approximate surface area is 151 Å². The molecular formula is C22H31NO2. The Morgan fingerprint density at radius 3 is 2.52 bits per heavy atom. The molecule has 0 radical (unpaired) electrons. The van der Waals surface area contributed by atoms with Crippen LogP contribution in [0.2, 0.25) is 0 Å². The van der Waals surface area contributed by atoms with Crippen molar-refractivity contribution in [2.24, 2.45) is 28.6 Å². The molecule has 0 aromatic carbocycles. The molecular weight excluding hydrogens is 310 g/mol. The van der Waals surface area contributed by atoms with Crippen molar-refractivity contribution in [1.29, 1.82) is 5.26 Å². The first kappa shape index (κ1) is 16.3. The maximum Gasteiger partial charge on any atom is 0.172 e. The van der Waals surface area contributed by atoms with E-state index >= 15 is 0 Å². The highest BCUT2D eigenvalue weighted by Gasteiger charge is 2.60. The Morgan fingerprint density at radius 1 is 0.960 bits per heavy atom. The van der Waals surface area contributed by atoms with E-state index in [-0.39, 0.29) is 17.1 Å². The molecule has 1 spiro atoms. The molecule has 25 heavy (non-hydrogen) atoms. The summed E-state index contributed by atoms with van der Waals surface area (Å²) in [5, 5.41) is 9.65. The van der Waals surface area contributed by atoms with Crippen molar-refractivity contribution in [2.45, 2.75) is 77.4 Å². The van der Waals surface area contributed by atoms with Crippen LogP contribution < -0.4 is 0 Å². The third-order valence-electron chi connectivity index (χ3n) is 8.98. The van der Waals surface area contributed by atoms with Crippen LogP contribution in [-0.2, 0) is 9.47 Å². The summed E-state index contributed by atoms with van der Waals surface area (Å²) in [5.74, 6) is 1.53. The molecule has 2 saturated carbocycles. The topological polar surface area (TPSA) is 42.2 Å². The lowest BCUT2D eigenvalue weighted by Crippen LogP contribution is -2.50. The molecule has 0 bridgehead atoms. The molecule has 0 amide bonds. The Hall–Kier alpha value is -0.850. The number of ether oxygens (including phenoxy) is 2. The second-order valence-corrected chi connectivity index (χ2v) is 9.80. The summed E-state index contributed by atoms with van der Waals surface area (Å²) in [7, 11) is 0. The fourth-order valence-electron chi connectivity index (χ4n) is 7.56. The summed E-state index contributed by atoms with van der Waals surface area (Å²) in [6, 6.07) is 2.66. The first-order chi connectivity index (χ1) is 12.0. The zero-order valence-corrected chi connectivity index (χ0v) is 15.8. The monoisotopic (exact) mass is 341 g/mol. The van der Waals surface area contributed by atoms with Crippen molar-refractivity contribution in [1.82, 2.24) is 0 Å². The molecule has 1 saturated heterocycles. The van der Waals surface area contributed by atoms with Gasteiger partial charge in [0.2, 0.25) is 0 Å². The third kappa shape index (κ3) is 2.10. The molecule has 136 valence electrons.